The molecule has 9 heteroatoms. The number of carbonyl (C=O) groups is 3. The Kier molecular flexibility index (Phi) is 10.7. The quantitative estimate of drug-likeness (QED) is 0.143. The first-order chi connectivity index (χ1) is 27.7. The van der Waals surface area contributed by atoms with Crippen LogP contribution in [0.5, 0.6) is 0 Å². The van der Waals surface area contributed by atoms with Gasteiger partial charge in [-0.1, -0.05) is 35.5 Å². The maximum absolute atomic E-state index is 11.2. The number of hydrogen-bond donors (Lipinski definition) is 3. The van der Waals surface area contributed by atoms with Crippen molar-refractivity contribution in [1.29, 1.82) is 0 Å². The molecule has 0 atom stereocenters. The highest BCUT2D eigenvalue weighted by Crippen LogP contribution is 2.25. The van der Waals surface area contributed by atoms with Gasteiger partial charge in [-0.3, -0.25) is 0 Å². The molecule has 0 saturated heterocycles. The third kappa shape index (κ3) is 9.33. The van der Waals surface area contributed by atoms with Gasteiger partial charge in [0.2, 0.25) is 0 Å². The Bertz CT molecular complexity index is 2500. The van der Waals surface area contributed by atoms with Crippen LogP contribution in [-0.2, 0) is 0 Å². The molecule has 7 aromatic rings. The van der Waals surface area contributed by atoms with E-state index in [0.717, 1.165) is 33.4 Å². The van der Waals surface area contributed by atoms with Crippen molar-refractivity contribution >= 4 is 17.9 Å². The minimum absolute atomic E-state index is 0.194. The topological polar surface area (TPSA) is 151 Å². The van der Waals surface area contributed by atoms with E-state index in [0.29, 0.717) is 34.2 Å². The molecule has 0 fully saturated rings. The molecular weight excluding hydrogens is 715 g/mol. The minimum Gasteiger partial charge on any atom is -0.478 e. The number of nitrogens with zero attached hydrogens (tertiary/aromatic N) is 3. The van der Waals surface area contributed by atoms with Crippen LogP contribution in [0.3, 0.4) is 0 Å². The van der Waals surface area contributed by atoms with Crippen LogP contribution in [-0.4, -0.2) is 48.2 Å². The summed E-state index contributed by atoms with van der Waals surface area (Å²) in [6.45, 7) is 0. The van der Waals surface area contributed by atoms with Gasteiger partial charge in [0.25, 0.3) is 0 Å². The number of carboxylic acids is 3. The zero-order chi connectivity index (χ0) is 39.7. The van der Waals surface area contributed by atoms with E-state index in [1.807, 2.05) is 72.8 Å². The summed E-state index contributed by atoms with van der Waals surface area (Å²) in [5.74, 6) is 16.9. The van der Waals surface area contributed by atoms with Gasteiger partial charge < -0.3 is 15.3 Å². The summed E-state index contributed by atoms with van der Waals surface area (Å²) in [6, 6.07) is 41.5. The highest BCUT2D eigenvalue weighted by Gasteiger charge is 2.13. The second-order valence-electron chi connectivity index (χ2n) is 12.4. The van der Waals surface area contributed by atoms with E-state index in [9.17, 15) is 14.4 Å². The van der Waals surface area contributed by atoms with Gasteiger partial charge in [-0.05, 0) is 146 Å². The van der Waals surface area contributed by atoms with Crippen LogP contribution in [0, 0.1) is 35.5 Å². The molecule has 7 rings (SSSR count). The molecule has 0 spiro atoms. The number of rotatable bonds is 6. The van der Waals surface area contributed by atoms with Gasteiger partial charge in [0.05, 0.1) is 16.7 Å². The van der Waals surface area contributed by atoms with Crippen molar-refractivity contribution < 1.29 is 29.7 Å². The first kappa shape index (κ1) is 36.8. The second-order valence-corrected chi connectivity index (χ2v) is 12.4. The number of benzene rings is 6. The SMILES string of the molecule is O=C(O)c1ccc(C#Cc2ccc(-c3nc(-c4ccc(C#Cc5ccc(C(=O)O)cc5)cc4)nc(-c4ccc(C#Cc5ccc(C(=O)O)cc5)cc4)n3)cc2)cc1. The van der Waals surface area contributed by atoms with Crippen molar-refractivity contribution in [3.05, 3.63) is 196 Å². The fourth-order valence-corrected chi connectivity index (χ4v) is 5.39. The lowest BCUT2D eigenvalue weighted by molar-refractivity contribution is 0.0686. The molecule has 0 aliphatic rings. The molecule has 6 aromatic carbocycles. The number of aromatic carboxylic acids is 3. The largest absolute Gasteiger partial charge is 0.478 e. The van der Waals surface area contributed by atoms with Gasteiger partial charge in [0.1, 0.15) is 0 Å². The van der Waals surface area contributed by atoms with Crippen LogP contribution in [0.4, 0.5) is 0 Å². The Hall–Kier alpha value is -8.58. The average molecular weight is 742 g/mol. The molecule has 0 aliphatic carbocycles. The van der Waals surface area contributed by atoms with E-state index in [4.69, 9.17) is 30.3 Å². The Labute approximate surface area is 327 Å². The van der Waals surface area contributed by atoms with Gasteiger partial charge in [-0.15, -0.1) is 0 Å². The minimum atomic E-state index is -0.995. The lowest BCUT2D eigenvalue weighted by Crippen LogP contribution is -2.00. The molecule has 0 radical (unpaired) electrons. The van der Waals surface area contributed by atoms with Crippen LogP contribution in [0.1, 0.15) is 64.5 Å². The van der Waals surface area contributed by atoms with Crippen molar-refractivity contribution in [2.24, 2.45) is 0 Å². The number of aromatic nitrogens is 3. The molecule has 1 aromatic heterocycles. The lowest BCUT2D eigenvalue weighted by atomic mass is 10.1. The van der Waals surface area contributed by atoms with Crippen molar-refractivity contribution in [1.82, 2.24) is 15.0 Å². The molecule has 9 nitrogen and oxygen atoms in total. The lowest BCUT2D eigenvalue weighted by Gasteiger charge is -2.09. The Morgan fingerprint density at radius 3 is 0.649 bits per heavy atom. The summed E-state index contributed by atoms with van der Waals surface area (Å²) < 4.78 is 0. The zero-order valence-corrected chi connectivity index (χ0v) is 29.8. The van der Waals surface area contributed by atoms with Gasteiger partial charge in [-0.25, -0.2) is 29.3 Å². The van der Waals surface area contributed by atoms with E-state index in [1.54, 1.807) is 36.4 Å². The fraction of sp³-hybridized carbons (Fsp3) is 0. The monoisotopic (exact) mass is 741 g/mol. The normalized spacial score (nSPS) is 10.1. The summed E-state index contributed by atoms with van der Waals surface area (Å²) >= 11 is 0. The predicted molar refractivity (Wildman–Crippen MR) is 214 cm³/mol. The first-order valence-electron chi connectivity index (χ1n) is 17.3. The van der Waals surface area contributed by atoms with Crippen molar-refractivity contribution in [3.8, 4) is 69.7 Å². The maximum Gasteiger partial charge on any atom is 0.335 e. The third-order valence-corrected chi connectivity index (χ3v) is 8.51. The van der Waals surface area contributed by atoms with Crippen LogP contribution in [0.25, 0.3) is 34.2 Å². The van der Waals surface area contributed by atoms with Crippen molar-refractivity contribution in [2.45, 2.75) is 0 Å². The maximum atomic E-state index is 11.2. The molecule has 270 valence electrons. The summed E-state index contributed by atoms with van der Waals surface area (Å²) in [4.78, 5) is 48.0. The zero-order valence-electron chi connectivity index (χ0n) is 29.8. The molecular formula is C48H27N3O6. The van der Waals surface area contributed by atoms with E-state index in [2.05, 4.69) is 35.5 Å². The Morgan fingerprint density at radius 1 is 0.298 bits per heavy atom. The molecule has 0 aliphatic heterocycles. The summed E-state index contributed by atoms with van der Waals surface area (Å²) in [7, 11) is 0. The van der Waals surface area contributed by atoms with Crippen LogP contribution in [0.2, 0.25) is 0 Å². The summed E-state index contributed by atoms with van der Waals surface area (Å²) in [6.07, 6.45) is 0. The molecule has 3 N–H and O–H groups in total. The third-order valence-electron chi connectivity index (χ3n) is 8.51. The van der Waals surface area contributed by atoms with E-state index in [-0.39, 0.29) is 16.7 Å². The molecule has 0 bridgehead atoms. The first-order valence-corrected chi connectivity index (χ1v) is 17.3. The predicted octanol–water partition coefficient (Wildman–Crippen LogP) is 8.17. The molecule has 1 heterocycles. The molecule has 0 amide bonds. The Balaban J connectivity index is 1.18. The second kappa shape index (κ2) is 16.6. The van der Waals surface area contributed by atoms with Crippen molar-refractivity contribution in [2.75, 3.05) is 0 Å². The van der Waals surface area contributed by atoms with Gasteiger partial charge in [-0.2, -0.15) is 0 Å². The standard InChI is InChI=1S/C48H27N3O6/c52-46(53)40-25-13-34(14-26-40)4-1-31-7-19-37(20-8-31)43-49-44(38-21-9-32(10-22-38)2-5-35-15-27-41(28-16-35)47(54)55)51-45(50-43)39-23-11-33(12-24-39)3-6-36-17-29-42(30-18-36)48(56)57/h7-30H,(H,52,53)(H,54,55)(H,56,57). The number of carboxylic acid groups (broad SMARTS) is 3. The van der Waals surface area contributed by atoms with Crippen LogP contribution in [0.15, 0.2) is 146 Å². The van der Waals surface area contributed by atoms with Gasteiger partial charge in [0, 0.05) is 50.1 Å². The smallest absolute Gasteiger partial charge is 0.335 e. The molecule has 0 saturated carbocycles. The summed E-state index contributed by atoms with van der Waals surface area (Å²) in [5.41, 5.74) is 7.12. The molecule has 57 heavy (non-hydrogen) atoms. The van der Waals surface area contributed by atoms with Crippen molar-refractivity contribution in [3.63, 3.8) is 0 Å². The van der Waals surface area contributed by atoms with Gasteiger partial charge in [0.15, 0.2) is 17.5 Å². The van der Waals surface area contributed by atoms with E-state index < -0.39 is 17.9 Å². The average Bonchev–Trinajstić information content (AvgIpc) is 3.25. The molecule has 0 unspecified atom stereocenters. The number of hydrogen-bond acceptors (Lipinski definition) is 6. The summed E-state index contributed by atoms with van der Waals surface area (Å²) in [5, 5.41) is 27.5. The van der Waals surface area contributed by atoms with E-state index >= 15 is 0 Å². The highest BCUT2D eigenvalue weighted by atomic mass is 16.4. The highest BCUT2D eigenvalue weighted by molar-refractivity contribution is 5.88. The fourth-order valence-electron chi connectivity index (χ4n) is 5.39. The van der Waals surface area contributed by atoms with Crippen LogP contribution >= 0.6 is 0 Å². The van der Waals surface area contributed by atoms with E-state index in [1.165, 1.54) is 36.4 Å². The van der Waals surface area contributed by atoms with Gasteiger partial charge >= 0.3 is 17.9 Å². The van der Waals surface area contributed by atoms with Crippen LogP contribution < -0.4 is 0 Å². The Morgan fingerprint density at radius 2 is 0.474 bits per heavy atom.